The number of hydroxylamine groups is 1. The molecule has 1 amide bonds. The Bertz CT molecular complexity index is 370. The summed E-state index contributed by atoms with van der Waals surface area (Å²) in [5, 5.41) is 0. The summed E-state index contributed by atoms with van der Waals surface area (Å²) in [4.78, 5) is 27.3. The van der Waals surface area contributed by atoms with E-state index in [1.54, 1.807) is 31.2 Å². The molecule has 0 saturated carbocycles. The van der Waals surface area contributed by atoms with Crippen molar-refractivity contribution in [2.45, 2.75) is 12.3 Å². The van der Waals surface area contributed by atoms with E-state index in [9.17, 15) is 9.59 Å². The predicted octanol–water partition coefficient (Wildman–Crippen LogP) is 0.532. The number of carbonyl (C=O) groups is 2. The zero-order valence-electron chi connectivity index (χ0n) is 7.61. The van der Waals surface area contributed by atoms with Crippen LogP contribution in [0.2, 0.25) is 0 Å². The molecule has 1 atom stereocenters. The van der Waals surface area contributed by atoms with Crippen molar-refractivity contribution in [3.8, 4) is 0 Å². The van der Waals surface area contributed by atoms with Crippen LogP contribution in [0.1, 0.15) is 12.5 Å². The first-order valence-electron chi connectivity index (χ1n) is 4.23. The number of carbonyl (C=O) groups excluding carboxylic acids is 2. The lowest BCUT2D eigenvalue weighted by atomic mass is 9.82. The Morgan fingerprint density at radius 2 is 1.86 bits per heavy atom. The van der Waals surface area contributed by atoms with Crippen LogP contribution in [-0.4, -0.2) is 11.9 Å². The van der Waals surface area contributed by atoms with Gasteiger partial charge in [0.1, 0.15) is 0 Å². The van der Waals surface area contributed by atoms with Crippen molar-refractivity contribution in [2.24, 2.45) is 0 Å². The second-order valence-corrected chi connectivity index (χ2v) is 3.31. The highest BCUT2D eigenvalue weighted by molar-refractivity contribution is 6.11. The van der Waals surface area contributed by atoms with E-state index in [2.05, 4.69) is 10.3 Å². The minimum absolute atomic E-state index is 0.422. The van der Waals surface area contributed by atoms with Crippen LogP contribution >= 0.6 is 0 Å². The third-order valence-corrected chi connectivity index (χ3v) is 2.45. The summed E-state index contributed by atoms with van der Waals surface area (Å²) < 4.78 is 0. The van der Waals surface area contributed by atoms with Crippen molar-refractivity contribution in [3.05, 3.63) is 35.9 Å². The maximum atomic E-state index is 11.4. The predicted molar refractivity (Wildman–Crippen MR) is 48.0 cm³/mol. The van der Waals surface area contributed by atoms with Gasteiger partial charge in [0.15, 0.2) is 5.41 Å². The van der Waals surface area contributed by atoms with Crippen molar-refractivity contribution in [3.63, 3.8) is 0 Å². The van der Waals surface area contributed by atoms with Crippen molar-refractivity contribution < 1.29 is 14.4 Å². The third-order valence-electron chi connectivity index (χ3n) is 2.45. The molecule has 1 aromatic rings. The Morgan fingerprint density at radius 3 is 2.36 bits per heavy atom. The number of hydrogen-bond acceptors (Lipinski definition) is 3. The number of rotatable bonds is 1. The average molecular weight is 191 g/mol. The lowest BCUT2D eigenvalue weighted by Crippen LogP contribution is -2.36. The molecule has 14 heavy (non-hydrogen) atoms. The van der Waals surface area contributed by atoms with Crippen LogP contribution in [-0.2, 0) is 19.8 Å². The van der Waals surface area contributed by atoms with Crippen molar-refractivity contribution in [2.75, 3.05) is 0 Å². The third kappa shape index (κ3) is 1.00. The number of benzene rings is 1. The average Bonchev–Trinajstić information content (AvgIpc) is 2.49. The lowest BCUT2D eigenvalue weighted by molar-refractivity contribution is -0.146. The summed E-state index contributed by atoms with van der Waals surface area (Å²) >= 11 is 0. The van der Waals surface area contributed by atoms with Crippen molar-refractivity contribution >= 4 is 11.9 Å². The largest absolute Gasteiger partial charge is 0.351 e. The fourth-order valence-corrected chi connectivity index (χ4v) is 1.41. The Labute approximate surface area is 80.8 Å². The zero-order chi connectivity index (χ0) is 10.2. The molecule has 0 radical (unpaired) electrons. The van der Waals surface area contributed by atoms with Gasteiger partial charge >= 0.3 is 5.97 Å². The highest BCUT2D eigenvalue weighted by Crippen LogP contribution is 2.28. The first kappa shape index (κ1) is 8.74. The minimum Gasteiger partial charge on any atom is -0.339 e. The van der Waals surface area contributed by atoms with Gasteiger partial charge in [0.05, 0.1) is 0 Å². The lowest BCUT2D eigenvalue weighted by Gasteiger charge is -2.15. The second kappa shape index (κ2) is 2.83. The number of nitrogens with one attached hydrogen (secondary N) is 1. The van der Waals surface area contributed by atoms with Crippen LogP contribution in [0.25, 0.3) is 0 Å². The number of hydrogen-bond donors (Lipinski definition) is 1. The SMILES string of the molecule is CC1(c2ccccc2)C(=O)NOC1=O. The van der Waals surface area contributed by atoms with Gasteiger partial charge in [-0.3, -0.25) is 4.79 Å². The molecule has 1 heterocycles. The summed E-state index contributed by atoms with van der Waals surface area (Å²) in [5.74, 6) is -0.984. The highest BCUT2D eigenvalue weighted by atomic mass is 16.7. The maximum Gasteiger partial charge on any atom is 0.351 e. The van der Waals surface area contributed by atoms with Gasteiger partial charge in [0.25, 0.3) is 5.91 Å². The molecule has 0 aromatic heterocycles. The molecule has 1 aromatic carbocycles. The van der Waals surface area contributed by atoms with E-state index in [1.807, 2.05) is 6.07 Å². The van der Waals surface area contributed by atoms with Crippen LogP contribution < -0.4 is 5.48 Å². The van der Waals surface area contributed by atoms with E-state index < -0.39 is 17.3 Å². The molecule has 0 spiro atoms. The zero-order valence-corrected chi connectivity index (χ0v) is 7.61. The summed E-state index contributed by atoms with van der Waals surface area (Å²) in [6.07, 6.45) is 0. The summed E-state index contributed by atoms with van der Waals surface area (Å²) in [5.41, 5.74) is 1.50. The van der Waals surface area contributed by atoms with E-state index in [4.69, 9.17) is 0 Å². The Kier molecular flexibility index (Phi) is 1.77. The first-order chi connectivity index (χ1) is 6.65. The van der Waals surface area contributed by atoms with Crippen molar-refractivity contribution in [1.82, 2.24) is 5.48 Å². The van der Waals surface area contributed by atoms with E-state index in [-0.39, 0.29) is 0 Å². The van der Waals surface area contributed by atoms with Gasteiger partial charge in [-0.25, -0.2) is 4.79 Å². The van der Waals surface area contributed by atoms with Gasteiger partial charge in [-0.15, -0.1) is 0 Å². The van der Waals surface area contributed by atoms with E-state index >= 15 is 0 Å². The molecule has 4 heteroatoms. The monoisotopic (exact) mass is 191 g/mol. The van der Waals surface area contributed by atoms with Gasteiger partial charge in [-0.1, -0.05) is 30.3 Å². The molecule has 1 saturated heterocycles. The highest BCUT2D eigenvalue weighted by Gasteiger charge is 2.50. The molecule has 0 bridgehead atoms. The molecule has 1 aliphatic rings. The molecule has 4 nitrogen and oxygen atoms in total. The van der Waals surface area contributed by atoms with Crippen LogP contribution in [0, 0.1) is 0 Å². The van der Waals surface area contributed by atoms with Crippen molar-refractivity contribution in [1.29, 1.82) is 0 Å². The van der Waals surface area contributed by atoms with Crippen LogP contribution in [0.5, 0.6) is 0 Å². The summed E-state index contributed by atoms with van der Waals surface area (Å²) in [6, 6.07) is 8.84. The Hall–Kier alpha value is -1.84. The minimum atomic E-state index is -1.21. The molecule has 0 aliphatic carbocycles. The Balaban J connectivity index is 2.51. The molecule has 1 aliphatic heterocycles. The molecule has 1 N–H and O–H groups in total. The molecular formula is C10H9NO3. The fourth-order valence-electron chi connectivity index (χ4n) is 1.41. The smallest absolute Gasteiger partial charge is 0.339 e. The maximum absolute atomic E-state index is 11.4. The Morgan fingerprint density at radius 1 is 1.21 bits per heavy atom. The fraction of sp³-hybridized carbons (Fsp3) is 0.200. The normalized spacial score (nSPS) is 25.8. The van der Waals surface area contributed by atoms with Gasteiger partial charge < -0.3 is 4.84 Å². The van der Waals surface area contributed by atoms with Crippen LogP contribution in [0.4, 0.5) is 0 Å². The molecule has 2 rings (SSSR count). The van der Waals surface area contributed by atoms with E-state index in [1.165, 1.54) is 0 Å². The molecule has 72 valence electrons. The van der Waals surface area contributed by atoms with E-state index in [0.717, 1.165) is 0 Å². The summed E-state index contributed by atoms with van der Waals surface area (Å²) in [6.45, 7) is 1.55. The van der Waals surface area contributed by atoms with Gasteiger partial charge in [0, 0.05) is 0 Å². The molecule has 1 unspecified atom stereocenters. The number of amides is 1. The van der Waals surface area contributed by atoms with E-state index in [0.29, 0.717) is 5.56 Å². The van der Waals surface area contributed by atoms with Gasteiger partial charge in [-0.2, -0.15) is 5.48 Å². The first-order valence-corrected chi connectivity index (χ1v) is 4.23. The van der Waals surface area contributed by atoms with Crippen LogP contribution in [0.15, 0.2) is 30.3 Å². The molecular weight excluding hydrogens is 182 g/mol. The van der Waals surface area contributed by atoms with Gasteiger partial charge in [-0.05, 0) is 12.5 Å². The summed E-state index contributed by atoms with van der Waals surface area (Å²) in [7, 11) is 0. The standard InChI is InChI=1S/C10H9NO3/c1-10(7-5-3-2-4-6-7)8(12)11-14-9(10)13/h2-6H,1H3,(H,11,12). The van der Waals surface area contributed by atoms with Crippen LogP contribution in [0.3, 0.4) is 0 Å². The van der Waals surface area contributed by atoms with Gasteiger partial charge in [0.2, 0.25) is 0 Å². The quantitative estimate of drug-likeness (QED) is 0.659. The molecule has 1 fully saturated rings. The topological polar surface area (TPSA) is 55.4 Å². The second-order valence-electron chi connectivity index (χ2n) is 3.31.